The second kappa shape index (κ2) is 12.5. The number of imidazole rings is 1. The summed E-state index contributed by atoms with van der Waals surface area (Å²) in [7, 11) is 0. The van der Waals surface area contributed by atoms with Crippen LogP contribution >= 0.6 is 15.9 Å². The van der Waals surface area contributed by atoms with Crippen molar-refractivity contribution in [2.75, 3.05) is 6.79 Å². The molecule has 4 rings (SSSR count). The van der Waals surface area contributed by atoms with Gasteiger partial charge in [-0.1, -0.05) is 49.7 Å². The number of fused-ring (bicyclic) bond motifs is 3. The molecule has 0 aliphatic carbocycles. The van der Waals surface area contributed by atoms with E-state index in [0.29, 0.717) is 12.1 Å². The van der Waals surface area contributed by atoms with Gasteiger partial charge in [0, 0.05) is 34.5 Å². The first-order chi connectivity index (χ1) is 18.7. The van der Waals surface area contributed by atoms with Crippen molar-refractivity contribution in [3.8, 4) is 5.69 Å². The molecule has 39 heavy (non-hydrogen) atoms. The maximum Gasteiger partial charge on any atom is 0.511 e. The minimum absolute atomic E-state index is 0.0502. The van der Waals surface area contributed by atoms with Gasteiger partial charge in [0.05, 0.1) is 17.1 Å². The van der Waals surface area contributed by atoms with Crippen molar-refractivity contribution in [2.45, 2.75) is 59.6 Å². The summed E-state index contributed by atoms with van der Waals surface area (Å²) in [6.45, 7) is 9.35. The van der Waals surface area contributed by atoms with Crippen molar-refractivity contribution in [3.63, 3.8) is 0 Å². The second-order valence-electron chi connectivity index (χ2n) is 10.1. The van der Waals surface area contributed by atoms with E-state index in [4.69, 9.17) is 19.2 Å². The molecule has 9 nitrogen and oxygen atoms in total. The SMILES string of the molecule is Cc1cnc2n1-c1ccc(Br)cc1C(c1ccccn1)=N[C@H]2CCC(=O)OCOC(=O)OC(C(C)C)C(C)C. The van der Waals surface area contributed by atoms with Crippen LogP contribution in [0.15, 0.2) is 58.3 Å². The molecule has 0 unspecified atom stereocenters. The van der Waals surface area contributed by atoms with Gasteiger partial charge >= 0.3 is 12.1 Å². The summed E-state index contributed by atoms with van der Waals surface area (Å²) in [5, 5.41) is 0. The van der Waals surface area contributed by atoms with Gasteiger partial charge < -0.3 is 14.2 Å². The average molecular weight is 598 g/mol. The van der Waals surface area contributed by atoms with Gasteiger partial charge in [-0.2, -0.15) is 0 Å². The van der Waals surface area contributed by atoms with E-state index in [1.54, 1.807) is 12.4 Å². The lowest BCUT2D eigenvalue weighted by Crippen LogP contribution is -2.29. The summed E-state index contributed by atoms with van der Waals surface area (Å²) in [5.74, 6) is 0.489. The predicted octanol–water partition coefficient (Wildman–Crippen LogP) is 6.35. The van der Waals surface area contributed by atoms with E-state index in [-0.39, 0.29) is 24.4 Å². The molecule has 2 aromatic heterocycles. The molecule has 1 aliphatic rings. The molecule has 1 aliphatic heterocycles. The molecule has 0 bridgehead atoms. The molecule has 0 saturated carbocycles. The van der Waals surface area contributed by atoms with Crippen LogP contribution in [0, 0.1) is 18.8 Å². The molecule has 1 aromatic carbocycles. The van der Waals surface area contributed by atoms with Crippen LogP contribution in [0.3, 0.4) is 0 Å². The first kappa shape index (κ1) is 28.5. The summed E-state index contributed by atoms with van der Waals surface area (Å²) in [6.07, 6.45) is 2.78. The van der Waals surface area contributed by atoms with Crippen molar-refractivity contribution in [2.24, 2.45) is 16.8 Å². The van der Waals surface area contributed by atoms with E-state index in [2.05, 4.69) is 30.5 Å². The predicted molar refractivity (Wildman–Crippen MR) is 150 cm³/mol. The molecule has 0 fully saturated rings. The van der Waals surface area contributed by atoms with E-state index >= 15 is 0 Å². The van der Waals surface area contributed by atoms with Crippen molar-refractivity contribution < 1.29 is 23.8 Å². The van der Waals surface area contributed by atoms with E-state index in [1.807, 2.05) is 71.0 Å². The smallest absolute Gasteiger partial charge is 0.430 e. The molecule has 10 heteroatoms. The average Bonchev–Trinajstić information content (AvgIpc) is 3.21. The summed E-state index contributed by atoms with van der Waals surface area (Å²) in [6, 6.07) is 11.3. The molecule has 206 valence electrons. The zero-order chi connectivity index (χ0) is 28.1. The Morgan fingerprint density at radius 2 is 1.82 bits per heavy atom. The Labute approximate surface area is 236 Å². The number of ether oxygens (including phenoxy) is 3. The molecule has 3 aromatic rings. The van der Waals surface area contributed by atoms with Crippen LogP contribution in [0.25, 0.3) is 5.69 Å². The van der Waals surface area contributed by atoms with Crippen molar-refractivity contribution >= 4 is 33.8 Å². The number of aliphatic imine (C=N–C) groups is 1. The van der Waals surface area contributed by atoms with Gasteiger partial charge in [-0.05, 0) is 55.5 Å². The minimum atomic E-state index is -0.856. The zero-order valence-corrected chi connectivity index (χ0v) is 24.3. The van der Waals surface area contributed by atoms with Crippen LogP contribution in [0.5, 0.6) is 0 Å². The number of nitrogens with zero attached hydrogens (tertiary/aromatic N) is 4. The number of hydrogen-bond donors (Lipinski definition) is 0. The number of pyridine rings is 1. The van der Waals surface area contributed by atoms with Crippen LogP contribution in [-0.2, 0) is 19.0 Å². The number of esters is 1. The maximum atomic E-state index is 12.6. The third-order valence-corrected chi connectivity index (χ3v) is 6.97. The van der Waals surface area contributed by atoms with E-state index in [0.717, 1.165) is 32.9 Å². The minimum Gasteiger partial charge on any atom is -0.430 e. The lowest BCUT2D eigenvalue weighted by atomic mass is 9.96. The number of halogens is 1. The third kappa shape index (κ3) is 6.73. The Morgan fingerprint density at radius 1 is 1.05 bits per heavy atom. The van der Waals surface area contributed by atoms with Gasteiger partial charge in [0.2, 0.25) is 6.79 Å². The Hall–Kier alpha value is -3.53. The molecule has 0 saturated heterocycles. The number of aryl methyl sites for hydroxylation is 1. The second-order valence-corrected chi connectivity index (χ2v) is 11.0. The van der Waals surface area contributed by atoms with Crippen LogP contribution in [0.4, 0.5) is 4.79 Å². The maximum absolute atomic E-state index is 12.6. The highest BCUT2D eigenvalue weighted by Gasteiger charge is 2.28. The number of carbonyl (C=O) groups excluding carboxylic acids is 2. The number of rotatable bonds is 9. The lowest BCUT2D eigenvalue weighted by Gasteiger charge is -2.24. The van der Waals surface area contributed by atoms with E-state index in [9.17, 15) is 9.59 Å². The van der Waals surface area contributed by atoms with Crippen molar-refractivity contribution in [1.29, 1.82) is 0 Å². The number of hydrogen-bond acceptors (Lipinski definition) is 8. The summed E-state index contributed by atoms with van der Waals surface area (Å²) < 4.78 is 18.5. The number of benzene rings is 1. The lowest BCUT2D eigenvalue weighted by molar-refractivity contribution is -0.154. The normalized spacial score (nSPS) is 14.5. The Balaban J connectivity index is 1.49. The largest absolute Gasteiger partial charge is 0.511 e. The highest BCUT2D eigenvalue weighted by molar-refractivity contribution is 9.10. The van der Waals surface area contributed by atoms with Gasteiger partial charge in [-0.3, -0.25) is 19.3 Å². The first-order valence-electron chi connectivity index (χ1n) is 13.0. The standard InChI is InChI=1S/C29H33BrN4O5/c1-17(2)27(18(3)4)39-29(36)38-16-37-25(35)12-10-23-28-32-15-19(5)34(28)24-11-9-20(30)14-21(24)26(33-23)22-8-6-7-13-31-22/h6-9,11,13-15,17-18,23,27H,10,12,16H2,1-5H3/t23-/m0/s1. The van der Waals surface area contributed by atoms with Crippen LogP contribution < -0.4 is 0 Å². The fraction of sp³-hybridized carbons (Fsp3) is 0.414. The summed E-state index contributed by atoms with van der Waals surface area (Å²) >= 11 is 3.58. The quantitative estimate of drug-likeness (QED) is 0.209. The molecule has 0 amide bonds. The highest BCUT2D eigenvalue weighted by atomic mass is 79.9. The molecular formula is C29H33BrN4O5. The monoisotopic (exact) mass is 596 g/mol. The van der Waals surface area contributed by atoms with Crippen LogP contribution in [0.2, 0.25) is 0 Å². The summed E-state index contributed by atoms with van der Waals surface area (Å²) in [5.41, 5.74) is 4.23. The Kier molecular flexibility index (Phi) is 9.16. The molecule has 3 heterocycles. The van der Waals surface area contributed by atoms with Gasteiger partial charge in [-0.15, -0.1) is 0 Å². The fourth-order valence-electron chi connectivity index (χ4n) is 4.74. The first-order valence-corrected chi connectivity index (χ1v) is 13.8. The Bertz CT molecular complexity index is 1340. The van der Waals surface area contributed by atoms with Gasteiger partial charge in [0.25, 0.3) is 0 Å². The van der Waals surface area contributed by atoms with Gasteiger partial charge in [0.1, 0.15) is 18.0 Å². The van der Waals surface area contributed by atoms with Gasteiger partial charge in [0.15, 0.2) is 0 Å². The molecule has 0 radical (unpaired) electrons. The van der Waals surface area contributed by atoms with Gasteiger partial charge in [-0.25, -0.2) is 9.78 Å². The topological polar surface area (TPSA) is 105 Å². The number of carbonyl (C=O) groups is 2. The fourth-order valence-corrected chi connectivity index (χ4v) is 5.10. The van der Waals surface area contributed by atoms with Crippen LogP contribution in [-0.4, -0.2) is 45.3 Å². The van der Waals surface area contributed by atoms with E-state index < -0.39 is 25.0 Å². The zero-order valence-electron chi connectivity index (χ0n) is 22.8. The third-order valence-electron chi connectivity index (χ3n) is 6.48. The summed E-state index contributed by atoms with van der Waals surface area (Å²) in [4.78, 5) is 38.9. The molecule has 0 N–H and O–H groups in total. The van der Waals surface area contributed by atoms with Crippen molar-refractivity contribution in [3.05, 3.63) is 76.0 Å². The molecule has 1 atom stereocenters. The highest BCUT2D eigenvalue weighted by Crippen LogP contribution is 2.34. The van der Waals surface area contributed by atoms with Crippen LogP contribution in [0.1, 0.15) is 69.4 Å². The number of aromatic nitrogens is 3. The van der Waals surface area contributed by atoms with Crippen molar-refractivity contribution in [1.82, 2.24) is 14.5 Å². The Morgan fingerprint density at radius 3 is 2.51 bits per heavy atom. The molecular weight excluding hydrogens is 564 g/mol. The molecule has 0 spiro atoms. The van der Waals surface area contributed by atoms with E-state index in [1.165, 1.54) is 0 Å².